The smallest absolute Gasteiger partial charge is 0.328 e. The maximum Gasteiger partial charge on any atom is 0.328 e. The molecule has 9 N–H and O–H groups in total. The molecule has 0 aliphatic carbocycles. The van der Waals surface area contributed by atoms with Crippen molar-refractivity contribution >= 4 is 35.5 Å². The summed E-state index contributed by atoms with van der Waals surface area (Å²) in [5.41, 5.74) is 6.12. The van der Waals surface area contributed by atoms with E-state index in [-0.39, 0.29) is 12.8 Å². The van der Waals surface area contributed by atoms with Crippen LogP contribution in [-0.4, -0.2) is 97.4 Å². The highest BCUT2D eigenvalue weighted by Gasteiger charge is 2.32. The molecule has 0 fully saturated rings. The van der Waals surface area contributed by atoms with Crippen LogP contribution in [0.4, 0.5) is 0 Å². The number of nitrogens with two attached hydrogens (primary N) is 1. The third-order valence-electron chi connectivity index (χ3n) is 4.72. The largest absolute Gasteiger partial charge is 0.480 e. The summed E-state index contributed by atoms with van der Waals surface area (Å²) in [7, 11) is 0. The van der Waals surface area contributed by atoms with E-state index >= 15 is 0 Å². The van der Waals surface area contributed by atoms with Crippen molar-refractivity contribution in [3.63, 3.8) is 0 Å². The number of carbonyl (C=O) groups excluding carboxylic acids is 3. The molecule has 1 heterocycles. The van der Waals surface area contributed by atoms with Crippen molar-refractivity contribution < 1.29 is 34.5 Å². The first kappa shape index (κ1) is 28.4. The zero-order valence-electron chi connectivity index (χ0n) is 18.6. The van der Waals surface area contributed by atoms with Gasteiger partial charge in [0.2, 0.25) is 17.7 Å². The Hall–Kier alpha value is -2.68. The average molecular weight is 489 g/mol. The van der Waals surface area contributed by atoms with E-state index in [1.54, 1.807) is 0 Å². The molecule has 0 saturated carbocycles. The number of nitrogens with zero attached hydrogens (tertiary/aromatic N) is 1. The van der Waals surface area contributed by atoms with Gasteiger partial charge in [0.05, 0.1) is 18.5 Å². The number of hydrogen-bond donors (Lipinski definition) is 8. The van der Waals surface area contributed by atoms with Gasteiger partial charge in [0.1, 0.15) is 18.1 Å². The van der Waals surface area contributed by atoms with Crippen LogP contribution in [0.3, 0.4) is 0 Å². The Morgan fingerprint density at radius 2 is 1.67 bits per heavy atom. The molecule has 3 amide bonds. The Morgan fingerprint density at radius 1 is 1.06 bits per heavy atom. The van der Waals surface area contributed by atoms with Gasteiger partial charge in [-0.1, -0.05) is 0 Å². The van der Waals surface area contributed by atoms with E-state index in [0.717, 1.165) is 0 Å². The molecule has 6 unspecified atom stereocenters. The van der Waals surface area contributed by atoms with Crippen LogP contribution in [0.15, 0.2) is 12.5 Å². The molecular weight excluding hydrogens is 456 g/mol. The maximum absolute atomic E-state index is 13.0. The fraction of sp³-hybridized carbons (Fsp3) is 0.632. The summed E-state index contributed by atoms with van der Waals surface area (Å²) in [4.78, 5) is 56.0. The number of aliphatic carboxylic acids is 1. The van der Waals surface area contributed by atoms with Gasteiger partial charge in [-0.25, -0.2) is 9.78 Å². The monoisotopic (exact) mass is 488 g/mol. The zero-order valence-corrected chi connectivity index (χ0v) is 19.5. The summed E-state index contributed by atoms with van der Waals surface area (Å²) in [5.74, 6) is -3.22. The van der Waals surface area contributed by atoms with Crippen LogP contribution in [0.5, 0.6) is 0 Å². The van der Waals surface area contributed by atoms with Crippen molar-refractivity contribution in [1.29, 1.82) is 0 Å². The highest BCUT2D eigenvalue weighted by atomic mass is 32.2. The molecule has 0 aliphatic heterocycles. The number of amides is 3. The second-order valence-corrected chi connectivity index (χ2v) is 8.50. The van der Waals surface area contributed by atoms with Gasteiger partial charge in [-0.2, -0.15) is 11.8 Å². The fourth-order valence-electron chi connectivity index (χ4n) is 2.73. The Balaban J connectivity index is 3.05. The van der Waals surface area contributed by atoms with Crippen molar-refractivity contribution in [2.45, 2.75) is 63.1 Å². The number of nitrogens with one attached hydrogen (secondary N) is 4. The number of aromatic amines is 1. The normalized spacial score (nSPS) is 16.5. The number of aromatic nitrogens is 2. The lowest BCUT2D eigenvalue weighted by Gasteiger charge is -2.26. The average Bonchev–Trinajstić information content (AvgIpc) is 3.25. The van der Waals surface area contributed by atoms with E-state index in [4.69, 9.17) is 5.73 Å². The Morgan fingerprint density at radius 3 is 2.15 bits per heavy atom. The van der Waals surface area contributed by atoms with Crippen LogP contribution in [0.25, 0.3) is 0 Å². The molecule has 1 rings (SSSR count). The van der Waals surface area contributed by atoms with Gasteiger partial charge in [0.25, 0.3) is 0 Å². The van der Waals surface area contributed by atoms with Crippen LogP contribution in [0, 0.1) is 0 Å². The summed E-state index contributed by atoms with van der Waals surface area (Å²) >= 11 is 1.44. The molecule has 0 aliphatic rings. The molecule has 0 saturated heterocycles. The molecule has 186 valence electrons. The second kappa shape index (κ2) is 13.8. The number of carboxylic acid groups (broad SMARTS) is 1. The number of thioether (sulfide) groups is 1. The minimum Gasteiger partial charge on any atom is -0.480 e. The maximum atomic E-state index is 13.0. The summed E-state index contributed by atoms with van der Waals surface area (Å²) in [6.45, 7) is 2.55. The van der Waals surface area contributed by atoms with Gasteiger partial charge in [-0.15, -0.1) is 0 Å². The predicted octanol–water partition coefficient (Wildman–Crippen LogP) is -2.67. The number of hydrogen-bond acceptors (Lipinski definition) is 9. The van der Waals surface area contributed by atoms with Crippen LogP contribution >= 0.6 is 11.8 Å². The number of rotatable bonds is 14. The number of carbonyl (C=O) groups is 4. The lowest BCUT2D eigenvalue weighted by atomic mass is 10.1. The Labute approximate surface area is 195 Å². The predicted molar refractivity (Wildman–Crippen MR) is 120 cm³/mol. The molecule has 14 heteroatoms. The van der Waals surface area contributed by atoms with Crippen LogP contribution in [-0.2, 0) is 25.6 Å². The molecule has 1 aromatic rings. The molecule has 13 nitrogen and oxygen atoms in total. The highest BCUT2D eigenvalue weighted by Crippen LogP contribution is 2.06. The molecular formula is C19H32N6O7S. The van der Waals surface area contributed by atoms with Crippen LogP contribution < -0.4 is 21.7 Å². The van der Waals surface area contributed by atoms with E-state index in [0.29, 0.717) is 11.4 Å². The number of aliphatic hydroxyl groups excluding tert-OH is 2. The molecule has 0 spiro atoms. The summed E-state index contributed by atoms with van der Waals surface area (Å²) in [5, 5.41) is 35.6. The molecule has 0 aromatic carbocycles. The second-order valence-electron chi connectivity index (χ2n) is 7.52. The minimum absolute atomic E-state index is 0.0555. The van der Waals surface area contributed by atoms with Crippen molar-refractivity contribution in [2.24, 2.45) is 5.73 Å². The number of aliphatic hydroxyl groups is 2. The molecule has 1 aromatic heterocycles. The van der Waals surface area contributed by atoms with E-state index in [1.165, 1.54) is 38.1 Å². The SMILES string of the molecule is CSCCC(NC(=O)C(N)C(C)O)C(=O)NC(Cc1cnc[nH]1)C(=O)NC(C(=O)O)C(C)O. The molecule has 33 heavy (non-hydrogen) atoms. The van der Waals surface area contributed by atoms with Crippen molar-refractivity contribution in [2.75, 3.05) is 12.0 Å². The van der Waals surface area contributed by atoms with Crippen LogP contribution in [0.1, 0.15) is 26.0 Å². The topological polar surface area (TPSA) is 220 Å². The van der Waals surface area contributed by atoms with Gasteiger partial charge in [0, 0.05) is 18.3 Å². The minimum atomic E-state index is -1.59. The van der Waals surface area contributed by atoms with Crippen molar-refractivity contribution in [3.05, 3.63) is 18.2 Å². The van der Waals surface area contributed by atoms with Crippen molar-refractivity contribution in [1.82, 2.24) is 25.9 Å². The molecule has 6 atom stereocenters. The molecule has 0 radical (unpaired) electrons. The third kappa shape index (κ3) is 9.37. The first-order valence-electron chi connectivity index (χ1n) is 10.2. The first-order chi connectivity index (χ1) is 15.5. The lowest BCUT2D eigenvalue weighted by molar-refractivity contribution is -0.145. The Bertz CT molecular complexity index is 790. The summed E-state index contributed by atoms with van der Waals surface area (Å²) < 4.78 is 0. The van der Waals surface area contributed by atoms with Gasteiger partial charge >= 0.3 is 5.97 Å². The quantitative estimate of drug-likeness (QED) is 0.136. The summed E-state index contributed by atoms with van der Waals surface area (Å²) in [6, 6.07) is -5.13. The standard InChI is InChI=1S/C19H32N6O7S/c1-9(26)14(20)18(30)23-12(4-5-33-3)16(28)24-13(6-11-7-21-8-22-11)17(29)25-15(10(2)27)19(31)32/h7-10,12-15,26-27H,4-6,20H2,1-3H3,(H,21,22)(H,23,30)(H,24,28)(H,25,29)(H,31,32). The van der Waals surface area contributed by atoms with Gasteiger partial charge in [0.15, 0.2) is 6.04 Å². The number of carboxylic acids is 1. The van der Waals surface area contributed by atoms with Crippen LogP contribution in [0.2, 0.25) is 0 Å². The van der Waals surface area contributed by atoms with E-state index in [9.17, 15) is 34.5 Å². The summed E-state index contributed by atoms with van der Waals surface area (Å²) in [6.07, 6.45) is 2.27. The molecule has 0 bridgehead atoms. The van der Waals surface area contributed by atoms with E-state index < -0.39 is 60.1 Å². The fourth-order valence-corrected chi connectivity index (χ4v) is 3.20. The number of imidazole rings is 1. The first-order valence-corrected chi connectivity index (χ1v) is 11.6. The zero-order chi connectivity index (χ0) is 25.1. The third-order valence-corrected chi connectivity index (χ3v) is 5.37. The van der Waals surface area contributed by atoms with Crippen molar-refractivity contribution in [3.8, 4) is 0 Å². The van der Waals surface area contributed by atoms with E-state index in [1.807, 2.05) is 6.26 Å². The van der Waals surface area contributed by atoms with Gasteiger partial charge in [-0.05, 0) is 32.3 Å². The van der Waals surface area contributed by atoms with E-state index in [2.05, 4.69) is 25.9 Å². The Kier molecular flexibility index (Phi) is 11.8. The lowest BCUT2D eigenvalue weighted by Crippen LogP contribution is -2.59. The number of H-pyrrole nitrogens is 1. The van der Waals surface area contributed by atoms with Gasteiger partial charge in [-0.3, -0.25) is 14.4 Å². The van der Waals surface area contributed by atoms with Gasteiger partial charge < -0.3 is 42.0 Å². The highest BCUT2D eigenvalue weighted by molar-refractivity contribution is 7.98.